The molecule has 1 aliphatic heterocycles. The van der Waals surface area contributed by atoms with Gasteiger partial charge in [-0.15, -0.1) is 11.3 Å². The number of benzene rings is 1. The number of nitrogens with one attached hydrogen (secondary N) is 1. The fourth-order valence-electron chi connectivity index (χ4n) is 2.47. The third-order valence-electron chi connectivity index (χ3n) is 3.50. The Morgan fingerprint density at radius 3 is 3.05 bits per heavy atom. The zero-order valence-electron chi connectivity index (χ0n) is 11.9. The van der Waals surface area contributed by atoms with Crippen LogP contribution in [0.2, 0.25) is 0 Å². The zero-order valence-corrected chi connectivity index (χ0v) is 12.7. The van der Waals surface area contributed by atoms with Crippen molar-refractivity contribution in [2.75, 3.05) is 5.32 Å². The second-order valence-corrected chi connectivity index (χ2v) is 6.13. The van der Waals surface area contributed by atoms with Gasteiger partial charge in [0, 0.05) is 35.3 Å². The highest BCUT2D eigenvalue weighted by atomic mass is 32.1. The molecule has 110 valence electrons. The number of aromatic nitrogens is 2. The SMILES string of the molecule is Cn1ccc(NC(=O)c2cc3c(s2)-c2ccccc2OC3)n1. The molecule has 22 heavy (non-hydrogen) atoms. The fourth-order valence-corrected chi connectivity index (χ4v) is 3.56. The second kappa shape index (κ2) is 4.99. The molecule has 3 heterocycles. The van der Waals surface area contributed by atoms with Gasteiger partial charge in [-0.3, -0.25) is 9.48 Å². The van der Waals surface area contributed by atoms with E-state index in [1.807, 2.05) is 37.4 Å². The van der Waals surface area contributed by atoms with Gasteiger partial charge in [0.05, 0.1) is 4.88 Å². The molecule has 0 saturated carbocycles. The first-order valence-corrected chi connectivity index (χ1v) is 7.68. The van der Waals surface area contributed by atoms with Crippen molar-refractivity contribution >= 4 is 23.1 Å². The van der Waals surface area contributed by atoms with Crippen LogP contribution < -0.4 is 10.1 Å². The highest BCUT2D eigenvalue weighted by Gasteiger charge is 2.22. The number of aryl methyl sites for hydroxylation is 1. The van der Waals surface area contributed by atoms with Gasteiger partial charge >= 0.3 is 0 Å². The number of carbonyl (C=O) groups excluding carboxylic acids is 1. The average Bonchev–Trinajstić information content (AvgIpc) is 3.13. The molecule has 6 heteroatoms. The van der Waals surface area contributed by atoms with Crippen molar-refractivity contribution < 1.29 is 9.53 Å². The van der Waals surface area contributed by atoms with Gasteiger partial charge in [0.15, 0.2) is 5.82 Å². The van der Waals surface area contributed by atoms with Crippen LogP contribution in [0.25, 0.3) is 10.4 Å². The maximum absolute atomic E-state index is 12.4. The predicted molar refractivity (Wildman–Crippen MR) is 85.2 cm³/mol. The van der Waals surface area contributed by atoms with Crippen molar-refractivity contribution in [2.45, 2.75) is 6.61 Å². The van der Waals surface area contributed by atoms with Crippen molar-refractivity contribution in [1.29, 1.82) is 0 Å². The zero-order chi connectivity index (χ0) is 15.1. The number of hydrogen-bond acceptors (Lipinski definition) is 4. The maximum atomic E-state index is 12.4. The Hall–Kier alpha value is -2.60. The summed E-state index contributed by atoms with van der Waals surface area (Å²) in [6, 6.07) is 11.6. The molecule has 0 radical (unpaired) electrons. The third-order valence-corrected chi connectivity index (χ3v) is 4.71. The first-order valence-electron chi connectivity index (χ1n) is 6.86. The maximum Gasteiger partial charge on any atom is 0.266 e. The van der Waals surface area contributed by atoms with Gasteiger partial charge < -0.3 is 10.1 Å². The Bertz CT molecular complexity index is 866. The summed E-state index contributed by atoms with van der Waals surface area (Å²) in [6.45, 7) is 0.500. The van der Waals surface area contributed by atoms with E-state index in [1.165, 1.54) is 11.3 Å². The van der Waals surface area contributed by atoms with Crippen LogP contribution in [0.5, 0.6) is 5.75 Å². The number of para-hydroxylation sites is 1. The number of nitrogens with zero attached hydrogens (tertiary/aromatic N) is 2. The van der Waals surface area contributed by atoms with Gasteiger partial charge in [-0.25, -0.2) is 0 Å². The first-order chi connectivity index (χ1) is 10.7. The second-order valence-electron chi connectivity index (χ2n) is 5.08. The van der Waals surface area contributed by atoms with Gasteiger partial charge in [-0.2, -0.15) is 5.10 Å². The molecule has 1 amide bonds. The Morgan fingerprint density at radius 1 is 1.36 bits per heavy atom. The van der Waals surface area contributed by atoms with Gasteiger partial charge in [0.2, 0.25) is 0 Å². The molecule has 0 bridgehead atoms. The highest BCUT2D eigenvalue weighted by molar-refractivity contribution is 7.17. The molecule has 5 nitrogen and oxygen atoms in total. The molecule has 0 unspecified atom stereocenters. The lowest BCUT2D eigenvalue weighted by molar-refractivity contribution is 0.103. The van der Waals surface area contributed by atoms with Gasteiger partial charge in [-0.05, 0) is 18.2 Å². The summed E-state index contributed by atoms with van der Waals surface area (Å²) < 4.78 is 7.38. The summed E-state index contributed by atoms with van der Waals surface area (Å²) in [6.07, 6.45) is 1.79. The number of rotatable bonds is 2. The van der Waals surface area contributed by atoms with Crippen molar-refractivity contribution in [2.24, 2.45) is 7.05 Å². The lowest BCUT2D eigenvalue weighted by atomic mass is 10.1. The van der Waals surface area contributed by atoms with E-state index in [9.17, 15) is 4.79 Å². The largest absolute Gasteiger partial charge is 0.488 e. The molecule has 0 spiro atoms. The minimum atomic E-state index is -0.143. The lowest BCUT2D eigenvalue weighted by Gasteiger charge is -2.16. The normalized spacial score (nSPS) is 12.2. The van der Waals surface area contributed by atoms with Gasteiger partial charge in [0.1, 0.15) is 12.4 Å². The molecule has 0 aliphatic carbocycles. The molecule has 4 rings (SSSR count). The first kappa shape index (κ1) is 13.1. The van der Waals surface area contributed by atoms with E-state index in [0.29, 0.717) is 17.3 Å². The van der Waals surface area contributed by atoms with Crippen LogP contribution in [0.4, 0.5) is 5.82 Å². The van der Waals surface area contributed by atoms with E-state index in [4.69, 9.17) is 4.74 Å². The number of hydrogen-bond donors (Lipinski definition) is 1. The number of amides is 1. The monoisotopic (exact) mass is 311 g/mol. The van der Waals surface area contributed by atoms with Gasteiger partial charge in [-0.1, -0.05) is 12.1 Å². The van der Waals surface area contributed by atoms with Crippen LogP contribution in [0.3, 0.4) is 0 Å². The number of thiophene rings is 1. The third kappa shape index (κ3) is 2.17. The molecule has 1 aromatic carbocycles. The molecule has 3 aromatic rings. The van der Waals surface area contributed by atoms with Crippen molar-refractivity contribution in [3.8, 4) is 16.2 Å². The summed E-state index contributed by atoms with van der Waals surface area (Å²) in [7, 11) is 1.81. The van der Waals surface area contributed by atoms with Crippen LogP contribution in [-0.4, -0.2) is 15.7 Å². The van der Waals surface area contributed by atoms with E-state index in [0.717, 1.165) is 21.8 Å². The van der Waals surface area contributed by atoms with Crippen molar-refractivity contribution in [3.05, 3.63) is 53.0 Å². The summed E-state index contributed by atoms with van der Waals surface area (Å²) in [5.41, 5.74) is 2.10. The Kier molecular flexibility index (Phi) is 2.97. The standard InChI is InChI=1S/C16H13N3O2S/c1-19-7-6-14(18-19)17-16(20)13-8-10-9-21-12-5-3-2-4-11(12)15(10)22-13/h2-8H,9H2,1H3,(H,17,18,20). The quantitative estimate of drug-likeness (QED) is 0.790. The Labute approximate surface area is 131 Å². The highest BCUT2D eigenvalue weighted by Crippen LogP contribution is 2.42. The Balaban J connectivity index is 1.65. The van der Waals surface area contributed by atoms with Crippen LogP contribution in [0, 0.1) is 0 Å². The molecular weight excluding hydrogens is 298 g/mol. The fraction of sp³-hybridized carbons (Fsp3) is 0.125. The molecule has 0 fully saturated rings. The van der Waals surface area contributed by atoms with Crippen LogP contribution >= 0.6 is 11.3 Å². The van der Waals surface area contributed by atoms with Crippen LogP contribution in [0.1, 0.15) is 15.2 Å². The average molecular weight is 311 g/mol. The number of anilines is 1. The topological polar surface area (TPSA) is 56.2 Å². The summed E-state index contributed by atoms with van der Waals surface area (Å²) in [5, 5.41) is 6.97. The Morgan fingerprint density at radius 2 is 2.23 bits per heavy atom. The molecule has 0 saturated heterocycles. The number of carbonyl (C=O) groups is 1. The summed E-state index contributed by atoms with van der Waals surface area (Å²) in [4.78, 5) is 14.1. The predicted octanol–water partition coefficient (Wildman–Crippen LogP) is 3.29. The number of fused-ring (bicyclic) bond motifs is 3. The van der Waals surface area contributed by atoms with E-state index in [-0.39, 0.29) is 5.91 Å². The van der Waals surface area contributed by atoms with Crippen LogP contribution in [0.15, 0.2) is 42.6 Å². The minimum absolute atomic E-state index is 0.143. The molecule has 2 aromatic heterocycles. The van der Waals surface area contributed by atoms with E-state index in [1.54, 1.807) is 16.9 Å². The lowest BCUT2D eigenvalue weighted by Crippen LogP contribution is -2.10. The molecule has 0 atom stereocenters. The summed E-state index contributed by atoms with van der Waals surface area (Å²) in [5.74, 6) is 1.28. The van der Waals surface area contributed by atoms with Crippen LogP contribution in [-0.2, 0) is 13.7 Å². The molecule has 1 aliphatic rings. The van der Waals surface area contributed by atoms with E-state index >= 15 is 0 Å². The van der Waals surface area contributed by atoms with Crippen molar-refractivity contribution in [1.82, 2.24) is 9.78 Å². The van der Waals surface area contributed by atoms with Crippen molar-refractivity contribution in [3.63, 3.8) is 0 Å². The molecular formula is C16H13N3O2S. The van der Waals surface area contributed by atoms with Gasteiger partial charge in [0.25, 0.3) is 5.91 Å². The molecule has 1 N–H and O–H groups in total. The smallest absolute Gasteiger partial charge is 0.266 e. The summed E-state index contributed by atoms with van der Waals surface area (Å²) >= 11 is 1.49. The minimum Gasteiger partial charge on any atom is -0.488 e. The number of ether oxygens (including phenoxy) is 1. The van der Waals surface area contributed by atoms with E-state index in [2.05, 4.69) is 10.4 Å². The van der Waals surface area contributed by atoms with E-state index < -0.39 is 0 Å².